The van der Waals surface area contributed by atoms with Crippen molar-refractivity contribution in [3.63, 3.8) is 0 Å². The number of fused-ring (bicyclic) bond motifs is 4. The Balaban J connectivity index is 1.52. The van der Waals surface area contributed by atoms with Gasteiger partial charge < -0.3 is 0 Å². The molecule has 194 valence electrons. The van der Waals surface area contributed by atoms with Crippen LogP contribution in [0.1, 0.15) is 74.5 Å². The molecule has 0 heteroatoms. The van der Waals surface area contributed by atoms with E-state index in [4.69, 9.17) is 0 Å². The molecule has 0 spiro atoms. The minimum absolute atomic E-state index is 0.376. The molecule has 0 heterocycles. The van der Waals surface area contributed by atoms with Gasteiger partial charge in [0.2, 0.25) is 0 Å². The molecule has 3 aromatic carbocycles. The molecular formula is C39H38. The highest BCUT2D eigenvalue weighted by atomic mass is 14.3. The number of rotatable bonds is 5. The highest BCUT2D eigenvalue weighted by Crippen LogP contribution is 2.47. The minimum Gasteiger partial charge on any atom is -0.102 e. The van der Waals surface area contributed by atoms with Crippen molar-refractivity contribution in [2.45, 2.75) is 57.8 Å². The first-order valence-corrected chi connectivity index (χ1v) is 15.0. The minimum atomic E-state index is 0.376. The van der Waals surface area contributed by atoms with E-state index >= 15 is 0 Å². The van der Waals surface area contributed by atoms with Gasteiger partial charge in [-0.2, -0.15) is 0 Å². The van der Waals surface area contributed by atoms with Crippen LogP contribution in [0.15, 0.2) is 115 Å². The van der Waals surface area contributed by atoms with Gasteiger partial charge in [0.15, 0.2) is 0 Å². The molecule has 4 aliphatic rings. The molecule has 0 bridgehead atoms. The van der Waals surface area contributed by atoms with E-state index in [-0.39, 0.29) is 0 Å². The first-order valence-electron chi connectivity index (χ1n) is 15.0. The van der Waals surface area contributed by atoms with Crippen LogP contribution in [0.25, 0.3) is 32.7 Å². The maximum atomic E-state index is 4.18. The fourth-order valence-corrected chi connectivity index (χ4v) is 7.55. The topological polar surface area (TPSA) is 0 Å². The van der Waals surface area contributed by atoms with E-state index in [0.717, 1.165) is 19.3 Å². The third-order valence-corrected chi connectivity index (χ3v) is 9.67. The first kappa shape index (κ1) is 24.4. The molecule has 0 nitrogen and oxygen atoms in total. The Morgan fingerprint density at radius 2 is 1.67 bits per heavy atom. The maximum absolute atomic E-state index is 4.18. The lowest BCUT2D eigenvalue weighted by Gasteiger charge is -2.30. The molecule has 39 heavy (non-hydrogen) atoms. The third kappa shape index (κ3) is 4.22. The van der Waals surface area contributed by atoms with Gasteiger partial charge in [0.1, 0.15) is 0 Å². The van der Waals surface area contributed by atoms with Gasteiger partial charge in [0, 0.05) is 5.92 Å². The summed E-state index contributed by atoms with van der Waals surface area (Å²) in [5.41, 5.74) is 10.3. The van der Waals surface area contributed by atoms with Crippen molar-refractivity contribution in [2.75, 3.05) is 0 Å². The lowest BCUT2D eigenvalue weighted by molar-refractivity contribution is 0.572. The van der Waals surface area contributed by atoms with Crippen LogP contribution in [0.2, 0.25) is 0 Å². The van der Waals surface area contributed by atoms with E-state index < -0.39 is 0 Å². The fourth-order valence-electron chi connectivity index (χ4n) is 7.55. The van der Waals surface area contributed by atoms with Crippen LogP contribution in [0.5, 0.6) is 0 Å². The largest absolute Gasteiger partial charge is 0.102 e. The van der Waals surface area contributed by atoms with E-state index in [1.165, 1.54) is 86.2 Å². The Kier molecular flexibility index (Phi) is 6.36. The maximum Gasteiger partial charge on any atom is 0.00129 e. The summed E-state index contributed by atoms with van der Waals surface area (Å²) in [5.74, 6) is 1.69. The standard InChI is InChI=1S/C39H38/c1-3-26(4-2)31-21-22-36-37(25-31)39(33-20-18-28-12-6-8-14-30(28)24-33)35-16-10-9-15-34(35)38(36)32-19-17-27-11-5-7-13-29(27)23-32/h3,5-7,9-10,12-13,15-16,18,20-23,25-27,30H,1,4,8,11,14,17,19,24H2,2H3. The van der Waals surface area contributed by atoms with Crippen molar-refractivity contribution >= 4 is 32.7 Å². The summed E-state index contributed by atoms with van der Waals surface area (Å²) in [5, 5.41) is 5.62. The van der Waals surface area contributed by atoms with E-state index in [9.17, 15) is 0 Å². The Morgan fingerprint density at radius 1 is 0.846 bits per heavy atom. The fraction of sp³-hybridized carbons (Fsp3) is 0.282. The van der Waals surface area contributed by atoms with Crippen LogP contribution in [-0.4, -0.2) is 0 Å². The van der Waals surface area contributed by atoms with Crippen LogP contribution >= 0.6 is 0 Å². The van der Waals surface area contributed by atoms with E-state index in [1.807, 2.05) is 0 Å². The van der Waals surface area contributed by atoms with Gasteiger partial charge >= 0.3 is 0 Å². The van der Waals surface area contributed by atoms with Crippen molar-refractivity contribution in [1.82, 2.24) is 0 Å². The molecule has 0 radical (unpaired) electrons. The van der Waals surface area contributed by atoms with Gasteiger partial charge in [-0.15, -0.1) is 6.58 Å². The SMILES string of the molecule is C=CC(CC)c1ccc2c(C3=CC4=CC=CCC4CC3)c3ccccc3c(C3=CC=C4C=CCCC4C3)c2c1. The van der Waals surface area contributed by atoms with Gasteiger partial charge in [-0.3, -0.25) is 0 Å². The molecule has 7 rings (SSSR count). The van der Waals surface area contributed by atoms with Crippen molar-refractivity contribution in [1.29, 1.82) is 0 Å². The number of allylic oxidation sites excluding steroid dienone is 13. The number of hydrogen-bond donors (Lipinski definition) is 0. The second kappa shape index (κ2) is 10.2. The molecule has 0 fully saturated rings. The Bertz CT molecular complexity index is 1660. The normalized spacial score (nSPS) is 22.9. The van der Waals surface area contributed by atoms with E-state index in [1.54, 1.807) is 0 Å². The van der Waals surface area contributed by atoms with Crippen LogP contribution < -0.4 is 0 Å². The second-order valence-electron chi connectivity index (χ2n) is 11.8. The van der Waals surface area contributed by atoms with Crippen LogP contribution in [0, 0.1) is 11.8 Å². The smallest absolute Gasteiger partial charge is 0.00129 e. The van der Waals surface area contributed by atoms with Crippen molar-refractivity contribution in [3.8, 4) is 0 Å². The monoisotopic (exact) mass is 506 g/mol. The van der Waals surface area contributed by atoms with Gasteiger partial charge in [0.25, 0.3) is 0 Å². The molecule has 0 amide bonds. The highest BCUT2D eigenvalue weighted by Gasteiger charge is 2.27. The zero-order valence-electron chi connectivity index (χ0n) is 23.1. The predicted molar refractivity (Wildman–Crippen MR) is 170 cm³/mol. The zero-order chi connectivity index (χ0) is 26.3. The molecule has 3 unspecified atom stereocenters. The van der Waals surface area contributed by atoms with Gasteiger partial charge in [0.05, 0.1) is 0 Å². The highest BCUT2D eigenvalue weighted by molar-refractivity contribution is 6.16. The van der Waals surface area contributed by atoms with Gasteiger partial charge in [-0.25, -0.2) is 0 Å². The van der Waals surface area contributed by atoms with Gasteiger partial charge in [-0.1, -0.05) is 98.0 Å². The Hall–Kier alpha value is -3.64. The molecule has 3 aromatic rings. The number of benzene rings is 3. The molecular weight excluding hydrogens is 468 g/mol. The average molecular weight is 507 g/mol. The van der Waals surface area contributed by atoms with Crippen molar-refractivity contribution in [2.24, 2.45) is 11.8 Å². The summed E-state index contributed by atoms with van der Waals surface area (Å²) in [6.07, 6.45) is 29.3. The summed E-state index contributed by atoms with van der Waals surface area (Å²) in [7, 11) is 0. The van der Waals surface area contributed by atoms with Crippen LogP contribution in [0.3, 0.4) is 0 Å². The Labute approximate surface area is 233 Å². The summed E-state index contributed by atoms with van der Waals surface area (Å²) in [6.45, 7) is 6.45. The molecule has 3 atom stereocenters. The molecule has 0 saturated carbocycles. The van der Waals surface area contributed by atoms with Gasteiger partial charge in [-0.05, 0) is 123 Å². The first-order chi connectivity index (χ1) is 19.2. The van der Waals surface area contributed by atoms with Crippen molar-refractivity contribution in [3.05, 3.63) is 132 Å². The lowest BCUT2D eigenvalue weighted by atomic mass is 9.74. The second-order valence-corrected chi connectivity index (χ2v) is 11.8. The quantitative estimate of drug-likeness (QED) is 0.238. The predicted octanol–water partition coefficient (Wildman–Crippen LogP) is 11.0. The lowest BCUT2D eigenvalue weighted by Crippen LogP contribution is -2.12. The third-order valence-electron chi connectivity index (χ3n) is 9.67. The van der Waals surface area contributed by atoms with E-state index in [0.29, 0.717) is 17.8 Å². The summed E-state index contributed by atoms with van der Waals surface area (Å²) < 4.78 is 0. The molecule has 4 aliphatic carbocycles. The molecule has 0 aromatic heterocycles. The van der Waals surface area contributed by atoms with E-state index in [2.05, 4.69) is 111 Å². The summed E-state index contributed by atoms with van der Waals surface area (Å²) in [6, 6.07) is 16.5. The zero-order valence-corrected chi connectivity index (χ0v) is 23.1. The molecule has 0 saturated heterocycles. The average Bonchev–Trinajstić information content (AvgIpc) is 3.00. The number of hydrogen-bond acceptors (Lipinski definition) is 0. The summed E-state index contributed by atoms with van der Waals surface area (Å²) in [4.78, 5) is 0. The molecule has 0 aliphatic heterocycles. The Morgan fingerprint density at radius 3 is 2.49 bits per heavy atom. The molecule has 0 N–H and O–H groups in total. The van der Waals surface area contributed by atoms with Crippen LogP contribution in [0.4, 0.5) is 0 Å². The summed E-state index contributed by atoms with van der Waals surface area (Å²) >= 11 is 0. The van der Waals surface area contributed by atoms with Crippen molar-refractivity contribution < 1.29 is 0 Å². The van der Waals surface area contributed by atoms with Crippen LogP contribution in [-0.2, 0) is 0 Å².